The Bertz CT molecular complexity index is 1140. The van der Waals surface area contributed by atoms with Crippen molar-refractivity contribution in [2.24, 2.45) is 5.41 Å². The molecule has 0 radical (unpaired) electrons. The van der Waals surface area contributed by atoms with Crippen LogP contribution in [0.1, 0.15) is 35.9 Å². The minimum Gasteiger partial charge on any atom is -0.483 e. The largest absolute Gasteiger partial charge is 0.483 e. The molecular weight excluding hydrogens is 434 g/mol. The van der Waals surface area contributed by atoms with Crippen molar-refractivity contribution < 1.29 is 19.4 Å². The molecule has 0 saturated carbocycles. The van der Waals surface area contributed by atoms with Crippen molar-refractivity contribution in [1.82, 2.24) is 15.0 Å². The fraction of sp³-hybridized carbons (Fsp3) is 0.320. The van der Waals surface area contributed by atoms with Gasteiger partial charge in [-0.3, -0.25) is 9.59 Å². The molecule has 176 valence electrons. The average molecular weight is 462 g/mol. The van der Waals surface area contributed by atoms with Gasteiger partial charge >= 0.3 is 0 Å². The first-order chi connectivity index (χ1) is 16.5. The molecule has 2 fully saturated rings. The lowest BCUT2D eigenvalue weighted by Gasteiger charge is -2.55. The maximum Gasteiger partial charge on any atom is 0.290 e. The number of carboxylic acid groups (broad SMARTS) is 1. The average Bonchev–Trinajstić information content (AvgIpc) is 2.79. The second-order valence-corrected chi connectivity index (χ2v) is 8.82. The standard InChI is InChI=1S/C24H25N5O2.CH2O2/c1-16(2)21-26-10-18(11-27-21)23(30)28-20-19(17-6-4-3-5-7-17)8-9-25-22(20)29-12-24(13-29)14-31-15-24;2-1-3/h3-11,16H,12-15H2,1-2H3,(H,28,30);1H,(H,2,3). The Labute approximate surface area is 197 Å². The summed E-state index contributed by atoms with van der Waals surface area (Å²) in [7, 11) is 0. The summed E-state index contributed by atoms with van der Waals surface area (Å²) >= 11 is 0. The van der Waals surface area contributed by atoms with E-state index in [4.69, 9.17) is 14.6 Å². The molecule has 4 heterocycles. The van der Waals surface area contributed by atoms with Gasteiger partial charge in [-0.1, -0.05) is 44.2 Å². The van der Waals surface area contributed by atoms with Crippen molar-refractivity contribution in [2.75, 3.05) is 36.5 Å². The van der Waals surface area contributed by atoms with E-state index in [0.717, 1.165) is 49.1 Å². The van der Waals surface area contributed by atoms with Gasteiger partial charge in [-0.05, 0) is 11.6 Å². The third kappa shape index (κ3) is 4.74. The van der Waals surface area contributed by atoms with Crippen LogP contribution in [0.2, 0.25) is 0 Å². The van der Waals surface area contributed by atoms with Gasteiger partial charge in [0, 0.05) is 43.2 Å². The highest BCUT2D eigenvalue weighted by Crippen LogP contribution is 2.44. The van der Waals surface area contributed by atoms with Crippen molar-refractivity contribution in [1.29, 1.82) is 0 Å². The van der Waals surface area contributed by atoms with E-state index in [9.17, 15) is 4.79 Å². The van der Waals surface area contributed by atoms with Gasteiger partial charge in [0.1, 0.15) is 5.82 Å². The van der Waals surface area contributed by atoms with Crippen LogP contribution in [0.4, 0.5) is 11.5 Å². The molecule has 1 spiro atoms. The number of anilines is 2. The Morgan fingerprint density at radius 1 is 1.12 bits per heavy atom. The maximum atomic E-state index is 13.1. The monoisotopic (exact) mass is 461 g/mol. The number of carbonyl (C=O) groups is 2. The Hall–Kier alpha value is -3.85. The summed E-state index contributed by atoms with van der Waals surface area (Å²) < 4.78 is 5.41. The Morgan fingerprint density at radius 3 is 2.32 bits per heavy atom. The van der Waals surface area contributed by atoms with Gasteiger partial charge in [-0.15, -0.1) is 0 Å². The second kappa shape index (κ2) is 9.96. The van der Waals surface area contributed by atoms with Crippen LogP contribution in [-0.4, -0.2) is 58.7 Å². The van der Waals surface area contributed by atoms with Crippen molar-refractivity contribution >= 4 is 23.9 Å². The van der Waals surface area contributed by atoms with E-state index in [-0.39, 0.29) is 23.7 Å². The highest BCUT2D eigenvalue weighted by atomic mass is 16.5. The predicted octanol–water partition coefficient (Wildman–Crippen LogP) is 3.45. The van der Waals surface area contributed by atoms with Crippen LogP contribution in [0.5, 0.6) is 0 Å². The molecule has 2 aromatic heterocycles. The van der Waals surface area contributed by atoms with Gasteiger partial charge in [0.15, 0.2) is 5.82 Å². The topological polar surface area (TPSA) is 118 Å². The van der Waals surface area contributed by atoms with E-state index in [0.29, 0.717) is 11.3 Å². The van der Waals surface area contributed by atoms with E-state index < -0.39 is 0 Å². The second-order valence-electron chi connectivity index (χ2n) is 8.82. The molecule has 2 N–H and O–H groups in total. The Balaban J connectivity index is 0.000000868. The number of pyridine rings is 1. The third-order valence-electron chi connectivity index (χ3n) is 5.87. The molecular formula is C25H27N5O4. The first kappa shape index (κ1) is 23.3. The van der Waals surface area contributed by atoms with E-state index in [1.54, 1.807) is 18.6 Å². The van der Waals surface area contributed by atoms with Crippen molar-refractivity contribution in [3.05, 3.63) is 66.4 Å². The number of nitrogens with zero attached hydrogens (tertiary/aromatic N) is 4. The molecule has 2 aliphatic heterocycles. The number of rotatable bonds is 5. The smallest absolute Gasteiger partial charge is 0.290 e. The molecule has 2 saturated heterocycles. The summed E-state index contributed by atoms with van der Waals surface area (Å²) in [4.78, 5) is 37.0. The van der Waals surface area contributed by atoms with Crippen molar-refractivity contribution in [2.45, 2.75) is 19.8 Å². The van der Waals surface area contributed by atoms with Crippen LogP contribution >= 0.6 is 0 Å². The molecule has 3 aromatic rings. The summed E-state index contributed by atoms with van der Waals surface area (Å²) in [6, 6.07) is 12.0. The number of hydrogen-bond donors (Lipinski definition) is 2. The lowest BCUT2D eigenvalue weighted by molar-refractivity contribution is -0.127. The van der Waals surface area contributed by atoms with Crippen LogP contribution in [0, 0.1) is 5.41 Å². The third-order valence-corrected chi connectivity index (χ3v) is 5.87. The van der Waals surface area contributed by atoms with Gasteiger partial charge < -0.3 is 20.1 Å². The fourth-order valence-corrected chi connectivity index (χ4v) is 4.10. The van der Waals surface area contributed by atoms with Crippen molar-refractivity contribution in [3.8, 4) is 11.1 Å². The van der Waals surface area contributed by atoms with Gasteiger partial charge in [0.25, 0.3) is 12.4 Å². The molecule has 1 aromatic carbocycles. The summed E-state index contributed by atoms with van der Waals surface area (Å²) in [6.45, 7) is 7.15. The molecule has 1 amide bonds. The minimum atomic E-state index is -0.250. The molecule has 5 rings (SSSR count). The first-order valence-corrected chi connectivity index (χ1v) is 11.0. The van der Waals surface area contributed by atoms with Gasteiger partial charge in [-0.2, -0.15) is 0 Å². The number of aromatic nitrogens is 3. The van der Waals surface area contributed by atoms with Crippen LogP contribution in [0.25, 0.3) is 11.1 Å². The zero-order valence-corrected chi connectivity index (χ0v) is 19.1. The normalized spacial score (nSPS) is 15.6. The summed E-state index contributed by atoms with van der Waals surface area (Å²) in [5.74, 6) is 1.47. The van der Waals surface area contributed by atoms with Crippen LogP contribution in [-0.2, 0) is 9.53 Å². The minimum absolute atomic E-state index is 0.209. The Kier molecular flexibility index (Phi) is 6.83. The van der Waals surface area contributed by atoms with E-state index in [1.165, 1.54) is 0 Å². The quantitative estimate of drug-likeness (QED) is 0.555. The highest BCUT2D eigenvalue weighted by Gasteiger charge is 2.50. The van der Waals surface area contributed by atoms with Crippen LogP contribution < -0.4 is 10.2 Å². The summed E-state index contributed by atoms with van der Waals surface area (Å²) in [5.41, 5.74) is 3.33. The Morgan fingerprint density at radius 2 is 1.76 bits per heavy atom. The fourth-order valence-electron chi connectivity index (χ4n) is 4.10. The van der Waals surface area contributed by atoms with Crippen LogP contribution in [0.15, 0.2) is 55.0 Å². The van der Waals surface area contributed by atoms with Crippen LogP contribution in [0.3, 0.4) is 0 Å². The SMILES string of the molecule is CC(C)c1ncc(C(=O)Nc2c(-c3ccccc3)ccnc2N2CC3(COC3)C2)cn1.O=CO. The molecule has 0 atom stereocenters. The molecule has 34 heavy (non-hydrogen) atoms. The van der Waals surface area contributed by atoms with Gasteiger partial charge in [-0.25, -0.2) is 15.0 Å². The van der Waals surface area contributed by atoms with Gasteiger partial charge in [0.05, 0.1) is 29.9 Å². The lowest BCUT2D eigenvalue weighted by Crippen LogP contribution is -2.66. The molecule has 2 aliphatic rings. The molecule has 0 unspecified atom stereocenters. The zero-order chi connectivity index (χ0) is 24.1. The van der Waals surface area contributed by atoms with E-state index >= 15 is 0 Å². The number of carbonyl (C=O) groups excluding carboxylic acids is 1. The van der Waals surface area contributed by atoms with E-state index in [1.807, 2.05) is 50.2 Å². The maximum absolute atomic E-state index is 13.1. The van der Waals surface area contributed by atoms with Gasteiger partial charge in [0.2, 0.25) is 0 Å². The lowest BCUT2D eigenvalue weighted by atomic mass is 9.78. The summed E-state index contributed by atoms with van der Waals surface area (Å²) in [6.07, 6.45) is 4.97. The number of amides is 1. The molecule has 0 bridgehead atoms. The highest BCUT2D eigenvalue weighted by molar-refractivity contribution is 6.08. The van der Waals surface area contributed by atoms with Crippen molar-refractivity contribution in [3.63, 3.8) is 0 Å². The predicted molar refractivity (Wildman–Crippen MR) is 128 cm³/mol. The molecule has 0 aliphatic carbocycles. The number of benzene rings is 1. The number of nitrogens with one attached hydrogen (secondary N) is 1. The first-order valence-electron chi connectivity index (χ1n) is 11.0. The number of hydrogen-bond acceptors (Lipinski definition) is 7. The zero-order valence-electron chi connectivity index (χ0n) is 19.1. The molecule has 9 nitrogen and oxygen atoms in total. The molecule has 9 heteroatoms. The number of ether oxygens (including phenoxy) is 1. The van der Waals surface area contributed by atoms with E-state index in [2.05, 4.69) is 25.2 Å². The summed E-state index contributed by atoms with van der Waals surface area (Å²) in [5, 5.41) is 9.99.